The first-order valence-electron chi connectivity index (χ1n) is 4.59. The number of carbonyl (C=O) groups excluding carboxylic acids is 1. The molecule has 0 spiro atoms. The Hall–Kier alpha value is 0.01000. The number of likely N-dealkylation sites (tertiary alicyclic amines) is 1. The number of hydrogen-bond acceptors (Lipinski definition) is 3. The molecule has 1 fully saturated rings. The summed E-state index contributed by atoms with van der Waals surface area (Å²) in [7, 11) is 2.08. The van der Waals surface area contributed by atoms with Crippen LogP contribution in [0.25, 0.3) is 0 Å². The van der Waals surface area contributed by atoms with Crippen LogP contribution in [0.4, 0.5) is 0 Å². The van der Waals surface area contributed by atoms with Crippen LogP contribution in [0.15, 0.2) is 0 Å². The predicted molar refractivity (Wildman–Crippen MR) is 61.4 cm³/mol. The van der Waals surface area contributed by atoms with E-state index in [2.05, 4.69) is 11.9 Å². The molecule has 0 saturated carbocycles. The molecule has 1 saturated heterocycles. The molecular weight excluding hydrogens is 225 g/mol. The van der Waals surface area contributed by atoms with Gasteiger partial charge in [-0.2, -0.15) is 0 Å². The molecule has 1 aliphatic rings. The highest BCUT2D eigenvalue weighted by atomic mass is 35.5. The van der Waals surface area contributed by atoms with Gasteiger partial charge in [-0.1, -0.05) is 0 Å². The van der Waals surface area contributed by atoms with Crippen LogP contribution in [-0.4, -0.2) is 37.6 Å². The van der Waals surface area contributed by atoms with Crippen LogP contribution in [0, 0.1) is 5.92 Å². The second-order valence-electron chi connectivity index (χ2n) is 3.33. The van der Waals surface area contributed by atoms with E-state index in [9.17, 15) is 4.79 Å². The molecule has 0 atom stereocenters. The van der Waals surface area contributed by atoms with Gasteiger partial charge in [0.1, 0.15) is 0 Å². The van der Waals surface area contributed by atoms with Gasteiger partial charge in [0.25, 0.3) is 0 Å². The van der Waals surface area contributed by atoms with Gasteiger partial charge in [-0.3, -0.25) is 4.79 Å². The van der Waals surface area contributed by atoms with Gasteiger partial charge in [0.05, 0.1) is 12.5 Å². The second-order valence-corrected chi connectivity index (χ2v) is 3.33. The Morgan fingerprint density at radius 1 is 1.36 bits per heavy atom. The summed E-state index contributed by atoms with van der Waals surface area (Å²) in [4.78, 5) is 13.5. The normalized spacial score (nSPS) is 17.9. The molecule has 14 heavy (non-hydrogen) atoms. The SMILES string of the molecule is CCOC(=O)C1CCN(C)CC1.Cl.Cl. The van der Waals surface area contributed by atoms with Crippen LogP contribution in [-0.2, 0) is 9.53 Å². The van der Waals surface area contributed by atoms with E-state index in [0.717, 1.165) is 25.9 Å². The van der Waals surface area contributed by atoms with E-state index in [1.54, 1.807) is 0 Å². The van der Waals surface area contributed by atoms with Crippen molar-refractivity contribution in [2.24, 2.45) is 5.92 Å². The Kier molecular flexibility index (Phi) is 9.78. The number of halogens is 2. The Bertz CT molecular complexity index is 159. The van der Waals surface area contributed by atoms with Crippen molar-refractivity contribution < 1.29 is 9.53 Å². The van der Waals surface area contributed by atoms with Gasteiger partial charge in [-0.25, -0.2) is 0 Å². The lowest BCUT2D eigenvalue weighted by atomic mass is 9.97. The van der Waals surface area contributed by atoms with Crippen LogP contribution < -0.4 is 0 Å². The molecule has 86 valence electrons. The fourth-order valence-electron chi connectivity index (χ4n) is 1.50. The van der Waals surface area contributed by atoms with Gasteiger partial charge < -0.3 is 9.64 Å². The maximum atomic E-state index is 11.3. The molecule has 3 nitrogen and oxygen atoms in total. The lowest BCUT2D eigenvalue weighted by Crippen LogP contribution is -2.34. The van der Waals surface area contributed by atoms with Crippen LogP contribution in [0.3, 0.4) is 0 Å². The molecule has 1 aliphatic heterocycles. The second kappa shape index (κ2) is 8.33. The van der Waals surface area contributed by atoms with Crippen molar-refractivity contribution in [3.8, 4) is 0 Å². The zero-order valence-corrected chi connectivity index (χ0v) is 10.3. The highest BCUT2D eigenvalue weighted by molar-refractivity contribution is 5.85. The third kappa shape index (κ3) is 5.03. The zero-order chi connectivity index (χ0) is 8.97. The maximum absolute atomic E-state index is 11.3. The third-order valence-electron chi connectivity index (χ3n) is 2.34. The summed E-state index contributed by atoms with van der Waals surface area (Å²) in [5.74, 6) is 0.145. The van der Waals surface area contributed by atoms with E-state index in [1.165, 1.54) is 0 Å². The molecule has 0 aromatic heterocycles. The monoisotopic (exact) mass is 243 g/mol. The van der Waals surface area contributed by atoms with Crippen molar-refractivity contribution in [1.82, 2.24) is 4.90 Å². The Morgan fingerprint density at radius 2 is 1.86 bits per heavy atom. The minimum absolute atomic E-state index is 0. The van der Waals surface area contributed by atoms with Crippen molar-refractivity contribution >= 4 is 30.8 Å². The third-order valence-corrected chi connectivity index (χ3v) is 2.34. The molecule has 1 heterocycles. The molecule has 0 radical (unpaired) electrons. The van der Waals surface area contributed by atoms with Gasteiger partial charge in [0.2, 0.25) is 0 Å². The van der Waals surface area contributed by atoms with E-state index in [4.69, 9.17) is 4.74 Å². The summed E-state index contributed by atoms with van der Waals surface area (Å²) in [5.41, 5.74) is 0. The minimum atomic E-state index is -0.00870. The zero-order valence-electron chi connectivity index (χ0n) is 8.69. The van der Waals surface area contributed by atoms with E-state index in [-0.39, 0.29) is 36.7 Å². The van der Waals surface area contributed by atoms with E-state index in [1.807, 2.05) is 6.92 Å². The van der Waals surface area contributed by atoms with Gasteiger partial charge in [-0.15, -0.1) is 24.8 Å². The molecule has 0 bridgehead atoms. The molecule has 0 aliphatic carbocycles. The molecule has 5 heteroatoms. The summed E-state index contributed by atoms with van der Waals surface area (Å²) in [6.45, 7) is 4.39. The number of carbonyl (C=O) groups is 1. The molecule has 0 aromatic rings. The molecule has 0 amide bonds. The first kappa shape index (κ1) is 16.4. The van der Waals surface area contributed by atoms with Crippen molar-refractivity contribution in [2.75, 3.05) is 26.7 Å². The minimum Gasteiger partial charge on any atom is -0.466 e. The Morgan fingerprint density at radius 3 is 2.29 bits per heavy atom. The quantitative estimate of drug-likeness (QED) is 0.693. The van der Waals surface area contributed by atoms with Crippen molar-refractivity contribution in [1.29, 1.82) is 0 Å². The van der Waals surface area contributed by atoms with Crippen molar-refractivity contribution in [3.05, 3.63) is 0 Å². The van der Waals surface area contributed by atoms with Crippen LogP contribution in [0.5, 0.6) is 0 Å². The fraction of sp³-hybridized carbons (Fsp3) is 0.889. The molecule has 0 unspecified atom stereocenters. The summed E-state index contributed by atoms with van der Waals surface area (Å²) in [6, 6.07) is 0. The van der Waals surface area contributed by atoms with Crippen LogP contribution in [0.2, 0.25) is 0 Å². The standard InChI is InChI=1S/C9H17NO2.2ClH/c1-3-12-9(11)8-4-6-10(2)7-5-8;;/h8H,3-7H2,1-2H3;2*1H. The number of esters is 1. The van der Waals surface area contributed by atoms with E-state index >= 15 is 0 Å². The molecule has 0 N–H and O–H groups in total. The van der Waals surface area contributed by atoms with Crippen LogP contribution in [0.1, 0.15) is 19.8 Å². The van der Waals surface area contributed by atoms with Gasteiger partial charge in [0, 0.05) is 0 Å². The smallest absolute Gasteiger partial charge is 0.309 e. The molecule has 0 aromatic carbocycles. The number of piperidine rings is 1. The maximum Gasteiger partial charge on any atom is 0.309 e. The predicted octanol–water partition coefficient (Wildman–Crippen LogP) is 1.73. The lowest BCUT2D eigenvalue weighted by Gasteiger charge is -2.27. The van der Waals surface area contributed by atoms with Crippen molar-refractivity contribution in [3.63, 3.8) is 0 Å². The average Bonchev–Trinajstić information content (AvgIpc) is 2.06. The number of hydrogen-bond donors (Lipinski definition) is 0. The Balaban J connectivity index is 0. The molecule has 1 rings (SSSR count). The highest BCUT2D eigenvalue weighted by Gasteiger charge is 2.23. The highest BCUT2D eigenvalue weighted by Crippen LogP contribution is 2.16. The summed E-state index contributed by atoms with van der Waals surface area (Å²) >= 11 is 0. The number of nitrogens with zero attached hydrogens (tertiary/aromatic N) is 1. The lowest BCUT2D eigenvalue weighted by molar-refractivity contribution is -0.149. The number of rotatable bonds is 2. The van der Waals surface area contributed by atoms with Crippen molar-refractivity contribution in [2.45, 2.75) is 19.8 Å². The largest absolute Gasteiger partial charge is 0.466 e. The Labute approximate surface area is 98.0 Å². The topological polar surface area (TPSA) is 29.5 Å². The fourth-order valence-corrected chi connectivity index (χ4v) is 1.50. The van der Waals surface area contributed by atoms with Gasteiger partial charge in [0.15, 0.2) is 0 Å². The van der Waals surface area contributed by atoms with E-state index < -0.39 is 0 Å². The van der Waals surface area contributed by atoms with Gasteiger partial charge >= 0.3 is 5.97 Å². The van der Waals surface area contributed by atoms with Crippen LogP contribution >= 0.6 is 24.8 Å². The molecular formula is C9H19Cl2NO2. The first-order valence-corrected chi connectivity index (χ1v) is 4.59. The summed E-state index contributed by atoms with van der Waals surface area (Å²) in [6.07, 6.45) is 1.91. The first-order chi connectivity index (χ1) is 5.74. The van der Waals surface area contributed by atoms with Gasteiger partial charge in [-0.05, 0) is 39.9 Å². The summed E-state index contributed by atoms with van der Waals surface area (Å²) in [5, 5.41) is 0. The summed E-state index contributed by atoms with van der Waals surface area (Å²) < 4.78 is 4.96. The van der Waals surface area contributed by atoms with E-state index in [0.29, 0.717) is 6.61 Å². The number of ether oxygens (including phenoxy) is 1. The average molecular weight is 244 g/mol.